The normalized spacial score (nSPS) is 13.2. The van der Waals surface area contributed by atoms with Gasteiger partial charge in [-0.1, -0.05) is 19.1 Å². The Hall–Kier alpha value is -0.900. The maximum Gasteiger partial charge on any atom is 0.111 e. The fraction of sp³-hybridized carbons (Fsp3) is 0.778. The average Bonchev–Trinajstić information content (AvgIpc) is 2.58. The van der Waals surface area contributed by atoms with Gasteiger partial charge in [0.2, 0.25) is 0 Å². The number of aromatic nitrogens is 3. The van der Waals surface area contributed by atoms with Crippen molar-refractivity contribution < 1.29 is 5.11 Å². The zero-order valence-corrected chi connectivity index (χ0v) is 8.49. The highest BCUT2D eigenvalue weighted by Gasteiger charge is 2.13. The highest BCUT2D eigenvalue weighted by molar-refractivity contribution is 5.09. The van der Waals surface area contributed by atoms with Gasteiger partial charge in [0.15, 0.2) is 0 Å². The number of hydrogen-bond acceptors (Lipinski definition) is 3. The molecule has 0 radical (unpaired) electrons. The lowest BCUT2D eigenvalue weighted by atomic mass is 10.2. The third-order valence-electron chi connectivity index (χ3n) is 2.36. The highest BCUT2D eigenvalue weighted by Crippen LogP contribution is 2.14. The molecule has 0 fully saturated rings. The SMILES string of the molecule is CCc1c(CO)nnn1C(C)CC. The van der Waals surface area contributed by atoms with E-state index < -0.39 is 0 Å². The largest absolute Gasteiger partial charge is 0.390 e. The summed E-state index contributed by atoms with van der Waals surface area (Å²) in [6.45, 7) is 6.26. The zero-order chi connectivity index (χ0) is 9.84. The second-order valence-electron chi connectivity index (χ2n) is 3.20. The van der Waals surface area contributed by atoms with Crippen molar-refractivity contribution in [2.75, 3.05) is 0 Å². The molecule has 4 heteroatoms. The Morgan fingerprint density at radius 3 is 2.62 bits per heavy atom. The Morgan fingerprint density at radius 2 is 2.15 bits per heavy atom. The average molecular weight is 183 g/mol. The summed E-state index contributed by atoms with van der Waals surface area (Å²) in [6, 6.07) is 0.364. The van der Waals surface area contributed by atoms with Gasteiger partial charge in [-0.05, 0) is 19.8 Å². The van der Waals surface area contributed by atoms with Gasteiger partial charge in [-0.15, -0.1) is 5.10 Å². The molecule has 1 heterocycles. The quantitative estimate of drug-likeness (QED) is 0.765. The topological polar surface area (TPSA) is 50.9 Å². The Labute approximate surface area is 78.6 Å². The van der Waals surface area contributed by atoms with Gasteiger partial charge in [-0.25, -0.2) is 4.68 Å². The zero-order valence-electron chi connectivity index (χ0n) is 8.49. The molecule has 0 saturated heterocycles. The van der Waals surface area contributed by atoms with Crippen LogP contribution in [0.25, 0.3) is 0 Å². The second kappa shape index (κ2) is 4.37. The van der Waals surface area contributed by atoms with Crippen LogP contribution in [0.4, 0.5) is 0 Å². The summed E-state index contributed by atoms with van der Waals surface area (Å²) in [5.41, 5.74) is 1.76. The van der Waals surface area contributed by atoms with Crippen molar-refractivity contribution in [3.63, 3.8) is 0 Å². The number of hydrogen-bond donors (Lipinski definition) is 1. The van der Waals surface area contributed by atoms with E-state index in [1.807, 2.05) is 4.68 Å². The smallest absolute Gasteiger partial charge is 0.111 e. The van der Waals surface area contributed by atoms with Gasteiger partial charge in [0.1, 0.15) is 5.69 Å². The molecule has 13 heavy (non-hydrogen) atoms. The van der Waals surface area contributed by atoms with E-state index in [2.05, 4.69) is 31.1 Å². The summed E-state index contributed by atoms with van der Waals surface area (Å²) in [6.07, 6.45) is 1.90. The van der Waals surface area contributed by atoms with Crippen molar-refractivity contribution in [1.82, 2.24) is 15.0 Å². The van der Waals surface area contributed by atoms with E-state index in [-0.39, 0.29) is 6.61 Å². The molecule has 0 aliphatic heterocycles. The van der Waals surface area contributed by atoms with Crippen molar-refractivity contribution in [2.24, 2.45) is 0 Å². The van der Waals surface area contributed by atoms with Crippen LogP contribution in [0.5, 0.6) is 0 Å². The molecular weight excluding hydrogens is 166 g/mol. The monoisotopic (exact) mass is 183 g/mol. The Bertz CT molecular complexity index is 270. The molecule has 1 N–H and O–H groups in total. The van der Waals surface area contributed by atoms with Crippen molar-refractivity contribution >= 4 is 0 Å². The number of nitrogens with zero attached hydrogens (tertiary/aromatic N) is 3. The predicted molar refractivity (Wildman–Crippen MR) is 50.3 cm³/mol. The molecule has 0 aromatic carbocycles. The molecule has 0 spiro atoms. The maximum atomic E-state index is 9.00. The first-order valence-electron chi connectivity index (χ1n) is 4.78. The summed E-state index contributed by atoms with van der Waals surface area (Å²) in [5, 5.41) is 17.0. The van der Waals surface area contributed by atoms with Gasteiger partial charge < -0.3 is 5.11 Å². The van der Waals surface area contributed by atoms with Crippen molar-refractivity contribution in [2.45, 2.75) is 46.3 Å². The van der Waals surface area contributed by atoms with Crippen LogP contribution in [0, 0.1) is 0 Å². The van der Waals surface area contributed by atoms with E-state index in [0.717, 1.165) is 18.5 Å². The molecular formula is C9H17N3O. The van der Waals surface area contributed by atoms with E-state index in [4.69, 9.17) is 5.11 Å². The van der Waals surface area contributed by atoms with Gasteiger partial charge in [0.25, 0.3) is 0 Å². The molecule has 1 aromatic heterocycles. The summed E-state index contributed by atoms with van der Waals surface area (Å²) in [7, 11) is 0. The minimum Gasteiger partial charge on any atom is -0.390 e. The summed E-state index contributed by atoms with van der Waals surface area (Å²) >= 11 is 0. The van der Waals surface area contributed by atoms with Gasteiger partial charge in [-0.2, -0.15) is 0 Å². The molecule has 0 aliphatic carbocycles. The molecule has 0 saturated carbocycles. The first-order chi connectivity index (χ1) is 6.24. The highest BCUT2D eigenvalue weighted by atomic mass is 16.3. The second-order valence-corrected chi connectivity index (χ2v) is 3.20. The summed E-state index contributed by atoms with van der Waals surface area (Å²) < 4.78 is 1.91. The van der Waals surface area contributed by atoms with E-state index in [0.29, 0.717) is 11.7 Å². The van der Waals surface area contributed by atoms with Crippen LogP contribution in [-0.4, -0.2) is 20.1 Å². The van der Waals surface area contributed by atoms with Gasteiger partial charge in [0, 0.05) is 0 Å². The molecule has 4 nitrogen and oxygen atoms in total. The van der Waals surface area contributed by atoms with E-state index >= 15 is 0 Å². The predicted octanol–water partition coefficient (Wildman–Crippen LogP) is 1.30. The molecule has 0 bridgehead atoms. The minimum absolute atomic E-state index is 0.0143. The Kier molecular flexibility index (Phi) is 3.42. The summed E-state index contributed by atoms with van der Waals surface area (Å²) in [4.78, 5) is 0. The Balaban J connectivity index is 3.00. The minimum atomic E-state index is -0.0143. The first kappa shape index (κ1) is 10.2. The third-order valence-corrected chi connectivity index (χ3v) is 2.36. The Morgan fingerprint density at radius 1 is 1.46 bits per heavy atom. The van der Waals surface area contributed by atoms with E-state index in [1.165, 1.54) is 0 Å². The lowest BCUT2D eigenvalue weighted by molar-refractivity contribution is 0.275. The molecule has 1 aromatic rings. The molecule has 1 atom stereocenters. The first-order valence-corrected chi connectivity index (χ1v) is 4.78. The van der Waals surface area contributed by atoms with Crippen LogP contribution in [-0.2, 0) is 13.0 Å². The fourth-order valence-corrected chi connectivity index (χ4v) is 1.36. The van der Waals surface area contributed by atoms with Crippen LogP contribution in [0.3, 0.4) is 0 Å². The van der Waals surface area contributed by atoms with Gasteiger partial charge >= 0.3 is 0 Å². The number of rotatable bonds is 4. The van der Waals surface area contributed by atoms with Crippen LogP contribution in [0.15, 0.2) is 0 Å². The van der Waals surface area contributed by atoms with Crippen LogP contribution >= 0.6 is 0 Å². The lowest BCUT2D eigenvalue weighted by Gasteiger charge is -2.11. The standard InChI is InChI=1S/C9H17N3O/c1-4-7(3)12-9(5-2)8(6-13)10-11-12/h7,13H,4-6H2,1-3H3. The molecule has 1 unspecified atom stereocenters. The van der Waals surface area contributed by atoms with E-state index in [9.17, 15) is 0 Å². The van der Waals surface area contributed by atoms with Crippen molar-refractivity contribution in [3.8, 4) is 0 Å². The van der Waals surface area contributed by atoms with E-state index in [1.54, 1.807) is 0 Å². The van der Waals surface area contributed by atoms with Gasteiger partial charge in [-0.3, -0.25) is 0 Å². The molecule has 0 aliphatic rings. The van der Waals surface area contributed by atoms with Crippen LogP contribution in [0.2, 0.25) is 0 Å². The van der Waals surface area contributed by atoms with Crippen LogP contribution in [0.1, 0.15) is 44.6 Å². The van der Waals surface area contributed by atoms with Crippen molar-refractivity contribution in [3.05, 3.63) is 11.4 Å². The number of aliphatic hydroxyl groups is 1. The van der Waals surface area contributed by atoms with Crippen LogP contribution < -0.4 is 0 Å². The lowest BCUT2D eigenvalue weighted by Crippen LogP contribution is -2.10. The van der Waals surface area contributed by atoms with Gasteiger partial charge in [0.05, 0.1) is 18.3 Å². The molecule has 0 amide bonds. The summed E-state index contributed by atoms with van der Waals surface area (Å²) in [5.74, 6) is 0. The number of aliphatic hydroxyl groups excluding tert-OH is 1. The third kappa shape index (κ3) is 1.88. The molecule has 1 rings (SSSR count). The maximum absolute atomic E-state index is 9.00. The fourth-order valence-electron chi connectivity index (χ4n) is 1.36. The molecule has 74 valence electrons. The van der Waals surface area contributed by atoms with Crippen molar-refractivity contribution in [1.29, 1.82) is 0 Å².